The summed E-state index contributed by atoms with van der Waals surface area (Å²) >= 11 is 0. The summed E-state index contributed by atoms with van der Waals surface area (Å²) in [5.41, 5.74) is 3.32. The number of nitrogens with one attached hydrogen (secondary N) is 1. The molecule has 0 aliphatic carbocycles. The molecule has 3 nitrogen and oxygen atoms in total. The number of aromatic amines is 1. The zero-order valence-corrected chi connectivity index (χ0v) is 11.2. The summed E-state index contributed by atoms with van der Waals surface area (Å²) in [5, 5.41) is 0.640. The van der Waals surface area contributed by atoms with Gasteiger partial charge in [0.05, 0.1) is 0 Å². The highest BCUT2D eigenvalue weighted by molar-refractivity contribution is 5.83. The van der Waals surface area contributed by atoms with Gasteiger partial charge in [-0.25, -0.2) is 0 Å². The van der Waals surface area contributed by atoms with Crippen molar-refractivity contribution < 1.29 is 4.79 Å². The van der Waals surface area contributed by atoms with Gasteiger partial charge in [0, 0.05) is 28.6 Å². The number of ketones is 1. The van der Waals surface area contributed by atoms with E-state index in [-0.39, 0.29) is 11.2 Å². The Kier molecular flexibility index (Phi) is 3.65. The Morgan fingerprint density at radius 2 is 2.16 bits per heavy atom. The lowest BCUT2D eigenvalue weighted by molar-refractivity contribution is -0.116. The highest BCUT2D eigenvalue weighted by Gasteiger charge is 2.09. The summed E-state index contributed by atoms with van der Waals surface area (Å²) in [6.45, 7) is 7.12. The molecule has 1 aromatic carbocycles. The van der Waals surface area contributed by atoms with Crippen LogP contribution >= 0.6 is 0 Å². The van der Waals surface area contributed by atoms with E-state index in [1.165, 1.54) is 0 Å². The van der Waals surface area contributed by atoms with Gasteiger partial charge in [-0.15, -0.1) is 6.58 Å². The minimum Gasteiger partial charge on any atom is -0.358 e. The van der Waals surface area contributed by atoms with Crippen molar-refractivity contribution in [3.05, 3.63) is 57.9 Å². The number of rotatable bonds is 4. The first-order valence-corrected chi connectivity index (χ1v) is 6.27. The fourth-order valence-corrected chi connectivity index (χ4v) is 2.29. The number of hydrogen-bond acceptors (Lipinski definition) is 2. The number of H-pyrrole nitrogens is 1. The quantitative estimate of drug-likeness (QED) is 0.854. The minimum atomic E-state index is 0.0246. The van der Waals surface area contributed by atoms with Gasteiger partial charge >= 0.3 is 0 Å². The number of carbonyl (C=O) groups excluding carboxylic acids is 1. The maximum absolute atomic E-state index is 12.4. The van der Waals surface area contributed by atoms with Crippen molar-refractivity contribution >= 4 is 16.7 Å². The number of hydrogen-bond donors (Lipinski definition) is 1. The number of allylic oxidation sites excluding steroid dienone is 1. The molecule has 2 aromatic rings. The Balaban J connectivity index is 2.66. The van der Waals surface area contributed by atoms with Crippen molar-refractivity contribution in [1.29, 1.82) is 0 Å². The van der Waals surface area contributed by atoms with Gasteiger partial charge in [0.1, 0.15) is 5.78 Å². The van der Waals surface area contributed by atoms with Crippen LogP contribution in [0.1, 0.15) is 23.7 Å². The molecule has 3 heteroatoms. The second kappa shape index (κ2) is 5.22. The summed E-state index contributed by atoms with van der Waals surface area (Å²) in [5.74, 6) is 0.0919. The average molecular weight is 255 g/mol. The van der Waals surface area contributed by atoms with E-state index in [4.69, 9.17) is 0 Å². The molecule has 19 heavy (non-hydrogen) atoms. The highest BCUT2D eigenvalue weighted by Crippen LogP contribution is 2.14. The van der Waals surface area contributed by atoms with Gasteiger partial charge in [0.25, 0.3) is 0 Å². The molecule has 0 amide bonds. The summed E-state index contributed by atoms with van der Waals surface area (Å²) in [6, 6.07) is 5.55. The Bertz CT molecular complexity index is 710. The highest BCUT2D eigenvalue weighted by atomic mass is 16.1. The lowest BCUT2D eigenvalue weighted by Gasteiger charge is -2.07. The van der Waals surface area contributed by atoms with E-state index in [2.05, 4.69) is 11.6 Å². The van der Waals surface area contributed by atoms with Gasteiger partial charge in [0.15, 0.2) is 5.43 Å². The fourth-order valence-electron chi connectivity index (χ4n) is 2.29. The van der Waals surface area contributed by atoms with Crippen LogP contribution in [-0.2, 0) is 17.6 Å². The van der Waals surface area contributed by atoms with Gasteiger partial charge in [0.2, 0.25) is 0 Å². The smallest absolute Gasteiger partial charge is 0.193 e. The van der Waals surface area contributed by atoms with Gasteiger partial charge in [-0.3, -0.25) is 9.59 Å². The number of aryl methyl sites for hydroxylation is 1. The summed E-state index contributed by atoms with van der Waals surface area (Å²) < 4.78 is 0. The second-order valence-corrected chi connectivity index (χ2v) is 4.81. The maximum Gasteiger partial charge on any atom is 0.193 e. The van der Waals surface area contributed by atoms with Crippen molar-refractivity contribution in [1.82, 2.24) is 4.98 Å². The predicted molar refractivity (Wildman–Crippen MR) is 77.6 cm³/mol. The van der Waals surface area contributed by atoms with Gasteiger partial charge in [-0.1, -0.05) is 12.1 Å². The van der Waals surface area contributed by atoms with Crippen LogP contribution in [0.15, 0.2) is 35.6 Å². The zero-order valence-electron chi connectivity index (χ0n) is 11.2. The van der Waals surface area contributed by atoms with Crippen LogP contribution in [0.4, 0.5) is 0 Å². The van der Waals surface area contributed by atoms with Gasteiger partial charge in [-0.2, -0.15) is 0 Å². The molecule has 0 aliphatic heterocycles. The van der Waals surface area contributed by atoms with Crippen molar-refractivity contribution in [2.45, 2.75) is 26.7 Å². The van der Waals surface area contributed by atoms with Crippen molar-refractivity contribution in [2.75, 3.05) is 0 Å². The molecule has 98 valence electrons. The monoisotopic (exact) mass is 255 g/mol. The number of fused-ring (bicyclic) bond motifs is 1. The third-order valence-electron chi connectivity index (χ3n) is 3.18. The van der Waals surface area contributed by atoms with Crippen LogP contribution in [0.3, 0.4) is 0 Å². The summed E-state index contributed by atoms with van der Waals surface area (Å²) in [6.07, 6.45) is 2.64. The van der Waals surface area contributed by atoms with Crippen molar-refractivity contribution in [2.24, 2.45) is 0 Å². The largest absolute Gasteiger partial charge is 0.358 e. The number of Topliss-reactive ketones (excluding diaryl/α,β-unsaturated/α-hetero) is 1. The third-order valence-corrected chi connectivity index (χ3v) is 3.18. The van der Waals surface area contributed by atoms with E-state index in [0.717, 1.165) is 22.3 Å². The molecule has 0 atom stereocenters. The standard InChI is InChI=1S/C16H17NO2/c1-4-5-13-11(3)17-15-7-6-12(8-10(2)18)9-14(15)16(13)19/h4,6-7,9H,1,5,8H2,2-3H3,(H,17,19). The van der Waals surface area contributed by atoms with E-state index >= 15 is 0 Å². The summed E-state index contributed by atoms with van der Waals surface area (Å²) in [4.78, 5) is 26.8. The number of carbonyl (C=O) groups is 1. The predicted octanol–water partition coefficient (Wildman–Crippen LogP) is 2.70. The zero-order chi connectivity index (χ0) is 14.0. The van der Waals surface area contributed by atoms with Crippen molar-refractivity contribution in [3.8, 4) is 0 Å². The SMILES string of the molecule is C=CCc1c(C)[nH]c2ccc(CC(C)=O)cc2c1=O. The molecule has 0 bridgehead atoms. The molecule has 0 spiro atoms. The van der Waals surface area contributed by atoms with Crippen LogP contribution in [0.5, 0.6) is 0 Å². The van der Waals surface area contributed by atoms with E-state index in [0.29, 0.717) is 18.2 Å². The van der Waals surface area contributed by atoms with E-state index in [9.17, 15) is 9.59 Å². The Morgan fingerprint density at radius 3 is 2.79 bits per heavy atom. The number of aromatic nitrogens is 1. The van der Waals surface area contributed by atoms with Crippen molar-refractivity contribution in [3.63, 3.8) is 0 Å². The first-order valence-electron chi connectivity index (χ1n) is 6.27. The minimum absolute atomic E-state index is 0.0246. The van der Waals surface area contributed by atoms with E-state index in [1.54, 1.807) is 13.0 Å². The first-order chi connectivity index (χ1) is 9.02. The summed E-state index contributed by atoms with van der Waals surface area (Å²) in [7, 11) is 0. The molecule has 0 saturated heterocycles. The molecule has 1 N–H and O–H groups in total. The van der Waals surface area contributed by atoms with Gasteiger partial charge in [-0.05, 0) is 38.0 Å². The van der Waals surface area contributed by atoms with Crippen LogP contribution in [0.25, 0.3) is 10.9 Å². The second-order valence-electron chi connectivity index (χ2n) is 4.81. The third kappa shape index (κ3) is 2.65. The van der Waals surface area contributed by atoms with Gasteiger partial charge < -0.3 is 4.98 Å². The number of pyridine rings is 1. The molecule has 0 unspecified atom stereocenters. The van der Waals surface area contributed by atoms with Crippen LogP contribution in [0.2, 0.25) is 0 Å². The first kappa shape index (κ1) is 13.3. The molecule has 2 rings (SSSR count). The average Bonchev–Trinajstić information content (AvgIpc) is 2.35. The van der Waals surface area contributed by atoms with E-state index < -0.39 is 0 Å². The molecule has 1 heterocycles. The Morgan fingerprint density at radius 1 is 1.42 bits per heavy atom. The topological polar surface area (TPSA) is 49.9 Å². The molecular weight excluding hydrogens is 238 g/mol. The number of benzene rings is 1. The van der Waals surface area contributed by atoms with Crippen LogP contribution in [0, 0.1) is 6.92 Å². The Labute approximate surface area is 112 Å². The Hall–Kier alpha value is -2.16. The molecule has 0 aliphatic rings. The maximum atomic E-state index is 12.4. The molecule has 0 radical (unpaired) electrons. The molecule has 0 saturated carbocycles. The van der Waals surface area contributed by atoms with Crippen LogP contribution < -0.4 is 5.43 Å². The van der Waals surface area contributed by atoms with Crippen LogP contribution in [-0.4, -0.2) is 10.8 Å². The molecular formula is C16H17NO2. The lowest BCUT2D eigenvalue weighted by atomic mass is 10.0. The lowest BCUT2D eigenvalue weighted by Crippen LogP contribution is -2.13. The normalized spacial score (nSPS) is 10.6. The molecule has 0 fully saturated rings. The van der Waals surface area contributed by atoms with E-state index in [1.807, 2.05) is 25.1 Å². The molecule has 1 aromatic heterocycles. The fraction of sp³-hybridized carbons (Fsp3) is 0.250.